The van der Waals surface area contributed by atoms with Crippen molar-refractivity contribution in [3.8, 4) is 17.2 Å². The van der Waals surface area contributed by atoms with Gasteiger partial charge in [-0.15, -0.1) is 0 Å². The molecule has 0 heterocycles. The van der Waals surface area contributed by atoms with Crippen molar-refractivity contribution < 1.29 is 14.6 Å². The molecule has 2 rings (SSSR count). The Hall–Kier alpha value is -1.42. The van der Waals surface area contributed by atoms with Gasteiger partial charge in [0.15, 0.2) is 11.5 Å². The van der Waals surface area contributed by atoms with Crippen molar-refractivity contribution in [1.82, 2.24) is 0 Å². The maximum absolute atomic E-state index is 9.88. The Morgan fingerprint density at radius 1 is 1.29 bits per heavy atom. The predicted molar refractivity (Wildman–Crippen MR) is 65.7 cm³/mol. The summed E-state index contributed by atoms with van der Waals surface area (Å²) in [5.41, 5.74) is 6.81. The number of ether oxygens (including phenoxy) is 2. The van der Waals surface area contributed by atoms with Crippen LogP contribution in [0.2, 0.25) is 0 Å². The topological polar surface area (TPSA) is 64.7 Å². The van der Waals surface area contributed by atoms with E-state index in [1.807, 2.05) is 0 Å². The summed E-state index contributed by atoms with van der Waals surface area (Å²) in [6.07, 6.45) is 3.72. The molecule has 4 nitrogen and oxygen atoms in total. The summed E-state index contributed by atoms with van der Waals surface area (Å²) >= 11 is 0. The van der Waals surface area contributed by atoms with Crippen LogP contribution in [0.5, 0.6) is 17.2 Å². The van der Waals surface area contributed by atoms with Crippen molar-refractivity contribution in [3.05, 3.63) is 17.7 Å². The Balaban J connectivity index is 2.23. The first kappa shape index (κ1) is 12.0. The molecule has 1 fully saturated rings. The SMILES string of the molecule is COc1ccc(O)c(CCC2(N)CC2)c1OC. The van der Waals surface area contributed by atoms with E-state index >= 15 is 0 Å². The molecular formula is C13H19NO3. The monoisotopic (exact) mass is 237 g/mol. The number of phenolic OH excluding ortho intramolecular Hbond substituents is 1. The molecule has 0 radical (unpaired) electrons. The average molecular weight is 237 g/mol. The molecule has 4 heteroatoms. The summed E-state index contributed by atoms with van der Waals surface area (Å²) in [7, 11) is 3.17. The summed E-state index contributed by atoms with van der Waals surface area (Å²) in [6, 6.07) is 3.33. The molecule has 1 aromatic carbocycles. The van der Waals surface area contributed by atoms with Crippen LogP contribution in [0, 0.1) is 0 Å². The molecule has 0 spiro atoms. The van der Waals surface area contributed by atoms with Crippen molar-refractivity contribution in [3.63, 3.8) is 0 Å². The van der Waals surface area contributed by atoms with Crippen LogP contribution in [0.4, 0.5) is 0 Å². The minimum Gasteiger partial charge on any atom is -0.508 e. The molecule has 0 bridgehead atoms. The van der Waals surface area contributed by atoms with Gasteiger partial charge in [-0.05, 0) is 37.8 Å². The Morgan fingerprint density at radius 2 is 2.00 bits per heavy atom. The lowest BCUT2D eigenvalue weighted by atomic mass is 10.0. The molecule has 0 amide bonds. The van der Waals surface area contributed by atoms with Crippen molar-refractivity contribution in [1.29, 1.82) is 0 Å². The van der Waals surface area contributed by atoms with Crippen LogP contribution in [0.3, 0.4) is 0 Å². The third-order valence-electron chi connectivity index (χ3n) is 3.39. The highest BCUT2D eigenvalue weighted by molar-refractivity contribution is 5.53. The molecular weight excluding hydrogens is 218 g/mol. The molecule has 3 N–H and O–H groups in total. The van der Waals surface area contributed by atoms with E-state index in [1.54, 1.807) is 26.4 Å². The number of methoxy groups -OCH3 is 2. The largest absolute Gasteiger partial charge is 0.508 e. The first-order valence-electron chi connectivity index (χ1n) is 5.81. The number of benzene rings is 1. The summed E-state index contributed by atoms with van der Waals surface area (Å²) in [5, 5.41) is 9.88. The molecule has 0 atom stereocenters. The minimum absolute atomic E-state index is 0.0273. The third kappa shape index (κ3) is 2.47. The molecule has 1 aromatic rings. The second kappa shape index (κ2) is 4.45. The lowest BCUT2D eigenvalue weighted by Crippen LogP contribution is -2.22. The Kier molecular flexibility index (Phi) is 3.15. The van der Waals surface area contributed by atoms with Gasteiger partial charge in [-0.25, -0.2) is 0 Å². The summed E-state index contributed by atoms with van der Waals surface area (Å²) in [6.45, 7) is 0. The van der Waals surface area contributed by atoms with Gasteiger partial charge in [0.1, 0.15) is 5.75 Å². The van der Waals surface area contributed by atoms with Gasteiger partial charge in [0.25, 0.3) is 0 Å². The maximum Gasteiger partial charge on any atom is 0.167 e. The first-order chi connectivity index (χ1) is 8.09. The van der Waals surface area contributed by atoms with Crippen LogP contribution in [0.25, 0.3) is 0 Å². The van der Waals surface area contributed by atoms with Crippen LogP contribution in [-0.4, -0.2) is 24.9 Å². The second-order valence-electron chi connectivity index (χ2n) is 4.66. The molecule has 0 aliphatic heterocycles. The minimum atomic E-state index is -0.0273. The standard InChI is InChI=1S/C13H19NO3/c1-16-11-4-3-10(15)9(12(11)17-2)5-6-13(14)7-8-13/h3-4,15H,5-8,14H2,1-2H3. The van der Waals surface area contributed by atoms with Crippen molar-refractivity contribution in [2.45, 2.75) is 31.2 Å². The van der Waals surface area contributed by atoms with E-state index in [2.05, 4.69) is 0 Å². The second-order valence-corrected chi connectivity index (χ2v) is 4.66. The number of phenols is 1. The fourth-order valence-electron chi connectivity index (χ4n) is 2.01. The summed E-state index contributed by atoms with van der Waals surface area (Å²) in [4.78, 5) is 0. The Morgan fingerprint density at radius 3 is 2.53 bits per heavy atom. The molecule has 0 unspecified atom stereocenters. The zero-order valence-corrected chi connectivity index (χ0v) is 10.3. The van der Waals surface area contributed by atoms with E-state index in [1.165, 1.54) is 0 Å². The smallest absolute Gasteiger partial charge is 0.167 e. The van der Waals surface area contributed by atoms with E-state index < -0.39 is 0 Å². The fourth-order valence-corrected chi connectivity index (χ4v) is 2.01. The Labute approximate surface area is 101 Å². The molecule has 1 aliphatic rings. The van der Waals surface area contributed by atoms with E-state index in [0.717, 1.165) is 24.8 Å². The molecule has 0 saturated heterocycles. The van der Waals surface area contributed by atoms with Crippen LogP contribution >= 0.6 is 0 Å². The maximum atomic E-state index is 9.88. The van der Waals surface area contributed by atoms with Gasteiger partial charge >= 0.3 is 0 Å². The van der Waals surface area contributed by atoms with Crippen molar-refractivity contribution in [2.24, 2.45) is 5.73 Å². The van der Waals surface area contributed by atoms with Gasteiger partial charge in [0.2, 0.25) is 0 Å². The molecule has 1 aliphatic carbocycles. The van der Waals surface area contributed by atoms with E-state index in [9.17, 15) is 5.11 Å². The first-order valence-corrected chi connectivity index (χ1v) is 5.81. The lowest BCUT2D eigenvalue weighted by Gasteiger charge is -2.15. The normalized spacial score (nSPS) is 16.6. The van der Waals surface area contributed by atoms with Gasteiger partial charge < -0.3 is 20.3 Å². The quantitative estimate of drug-likeness (QED) is 0.820. The highest BCUT2D eigenvalue weighted by Crippen LogP contribution is 2.41. The summed E-state index contributed by atoms with van der Waals surface area (Å²) in [5.74, 6) is 1.49. The van der Waals surface area contributed by atoms with Crippen LogP contribution in [0.15, 0.2) is 12.1 Å². The Bertz CT molecular complexity index is 413. The zero-order valence-electron chi connectivity index (χ0n) is 10.3. The third-order valence-corrected chi connectivity index (χ3v) is 3.39. The van der Waals surface area contributed by atoms with E-state index in [-0.39, 0.29) is 11.3 Å². The van der Waals surface area contributed by atoms with Crippen LogP contribution < -0.4 is 15.2 Å². The van der Waals surface area contributed by atoms with E-state index in [0.29, 0.717) is 17.9 Å². The molecule has 17 heavy (non-hydrogen) atoms. The van der Waals surface area contributed by atoms with Gasteiger partial charge in [-0.1, -0.05) is 0 Å². The van der Waals surface area contributed by atoms with Gasteiger partial charge in [-0.3, -0.25) is 0 Å². The van der Waals surface area contributed by atoms with Crippen molar-refractivity contribution in [2.75, 3.05) is 14.2 Å². The zero-order chi connectivity index (χ0) is 12.5. The average Bonchev–Trinajstić information content (AvgIpc) is 3.05. The van der Waals surface area contributed by atoms with Crippen molar-refractivity contribution >= 4 is 0 Å². The number of rotatable bonds is 5. The van der Waals surface area contributed by atoms with Gasteiger partial charge in [-0.2, -0.15) is 0 Å². The number of hydrogen-bond acceptors (Lipinski definition) is 4. The highest BCUT2D eigenvalue weighted by atomic mass is 16.5. The lowest BCUT2D eigenvalue weighted by molar-refractivity contribution is 0.345. The van der Waals surface area contributed by atoms with Crippen LogP contribution in [-0.2, 0) is 6.42 Å². The van der Waals surface area contributed by atoms with Gasteiger partial charge in [0.05, 0.1) is 14.2 Å². The van der Waals surface area contributed by atoms with E-state index in [4.69, 9.17) is 15.2 Å². The number of nitrogens with two attached hydrogens (primary N) is 1. The number of hydrogen-bond donors (Lipinski definition) is 2. The molecule has 94 valence electrons. The molecule has 1 saturated carbocycles. The highest BCUT2D eigenvalue weighted by Gasteiger charge is 2.37. The number of aromatic hydroxyl groups is 1. The molecule has 0 aromatic heterocycles. The fraction of sp³-hybridized carbons (Fsp3) is 0.538. The predicted octanol–water partition coefficient (Wildman–Crippen LogP) is 1.83. The van der Waals surface area contributed by atoms with Gasteiger partial charge in [0, 0.05) is 11.1 Å². The van der Waals surface area contributed by atoms with Crippen LogP contribution in [0.1, 0.15) is 24.8 Å². The summed E-state index contributed by atoms with van der Waals surface area (Å²) < 4.78 is 10.5.